The van der Waals surface area contributed by atoms with Crippen molar-refractivity contribution in [2.45, 2.75) is 97.3 Å². The maximum Gasteiger partial charge on any atom is 0.339 e. The van der Waals surface area contributed by atoms with E-state index in [1.165, 1.54) is 76.3 Å². The van der Waals surface area contributed by atoms with Crippen LogP contribution in [0.1, 0.15) is 118 Å². The van der Waals surface area contributed by atoms with E-state index in [0.29, 0.717) is 6.61 Å². The van der Waals surface area contributed by atoms with E-state index >= 15 is 0 Å². The van der Waals surface area contributed by atoms with Crippen molar-refractivity contribution in [3.8, 4) is 0 Å². The smallest absolute Gasteiger partial charge is 0.339 e. The van der Waals surface area contributed by atoms with E-state index in [4.69, 9.17) is 9.84 Å². The van der Waals surface area contributed by atoms with Gasteiger partial charge in [-0.15, -0.1) is 0 Å². The average molecular weight is 405 g/mol. The molecule has 0 aliphatic heterocycles. The summed E-state index contributed by atoms with van der Waals surface area (Å²) in [6.07, 6.45) is 16.4. The van der Waals surface area contributed by atoms with Crippen LogP contribution in [0.4, 0.5) is 0 Å². The van der Waals surface area contributed by atoms with Crippen LogP contribution in [0.15, 0.2) is 24.3 Å². The minimum absolute atomic E-state index is 0.00614. The Morgan fingerprint density at radius 1 is 0.793 bits per heavy atom. The molecule has 0 aliphatic rings. The van der Waals surface area contributed by atoms with Crippen LogP contribution >= 0.6 is 0 Å². The standard InChI is InChI=1S/C25H40O4/c1-3-5-16-21(15-4-2)17-11-9-7-6-8-10-14-20-29-25(28)23-19-13-12-18-22(23)24(26)27/h12-13,18-19,21H,3-11,14-17,20H2,1-2H3,(H,26,27). The molecule has 0 radical (unpaired) electrons. The molecular formula is C25H40O4. The number of hydrogen-bond donors (Lipinski definition) is 1. The fraction of sp³-hybridized carbons (Fsp3) is 0.680. The van der Waals surface area contributed by atoms with Crippen LogP contribution in [0.5, 0.6) is 0 Å². The minimum Gasteiger partial charge on any atom is -0.478 e. The van der Waals surface area contributed by atoms with E-state index in [1.807, 2.05) is 0 Å². The van der Waals surface area contributed by atoms with Crippen LogP contribution in [0.2, 0.25) is 0 Å². The van der Waals surface area contributed by atoms with E-state index < -0.39 is 11.9 Å². The summed E-state index contributed by atoms with van der Waals surface area (Å²) in [5, 5.41) is 9.13. The molecule has 0 saturated carbocycles. The van der Waals surface area contributed by atoms with Crippen LogP contribution in [-0.2, 0) is 4.74 Å². The van der Waals surface area contributed by atoms with Crippen molar-refractivity contribution in [3.63, 3.8) is 0 Å². The van der Waals surface area contributed by atoms with Gasteiger partial charge in [0.05, 0.1) is 17.7 Å². The molecule has 1 aromatic rings. The normalized spacial score (nSPS) is 11.9. The first-order valence-electron chi connectivity index (χ1n) is 11.6. The lowest BCUT2D eigenvalue weighted by Gasteiger charge is -2.15. The van der Waals surface area contributed by atoms with Gasteiger partial charge in [0.15, 0.2) is 0 Å². The van der Waals surface area contributed by atoms with Gasteiger partial charge in [0.1, 0.15) is 0 Å². The third-order valence-corrected chi connectivity index (χ3v) is 5.53. The molecule has 0 saturated heterocycles. The summed E-state index contributed by atoms with van der Waals surface area (Å²) in [5.41, 5.74) is 0.119. The highest BCUT2D eigenvalue weighted by Gasteiger charge is 2.16. The fourth-order valence-electron chi connectivity index (χ4n) is 3.84. The predicted octanol–water partition coefficient (Wildman–Crippen LogP) is 7.27. The van der Waals surface area contributed by atoms with Crippen molar-refractivity contribution in [2.75, 3.05) is 6.61 Å². The summed E-state index contributed by atoms with van der Waals surface area (Å²) in [6, 6.07) is 6.18. The molecule has 29 heavy (non-hydrogen) atoms. The van der Waals surface area contributed by atoms with Crippen molar-refractivity contribution in [1.82, 2.24) is 0 Å². The van der Waals surface area contributed by atoms with Gasteiger partial charge in [0.2, 0.25) is 0 Å². The molecular weight excluding hydrogens is 364 g/mol. The van der Waals surface area contributed by atoms with Gasteiger partial charge in [0, 0.05) is 0 Å². The second-order valence-corrected chi connectivity index (χ2v) is 8.05. The van der Waals surface area contributed by atoms with Crippen LogP contribution in [0.3, 0.4) is 0 Å². The zero-order valence-corrected chi connectivity index (χ0v) is 18.5. The summed E-state index contributed by atoms with van der Waals surface area (Å²) in [5.74, 6) is -0.725. The molecule has 1 aromatic carbocycles. The van der Waals surface area contributed by atoms with E-state index in [2.05, 4.69) is 13.8 Å². The second kappa shape index (κ2) is 16.0. The number of esters is 1. The number of carbonyl (C=O) groups excluding carboxylic acids is 1. The first-order chi connectivity index (χ1) is 14.1. The maximum atomic E-state index is 12.1. The summed E-state index contributed by atoms with van der Waals surface area (Å²) < 4.78 is 5.24. The number of benzene rings is 1. The van der Waals surface area contributed by atoms with Gasteiger partial charge < -0.3 is 9.84 Å². The molecule has 1 N–H and O–H groups in total. The highest BCUT2D eigenvalue weighted by molar-refractivity contribution is 6.02. The lowest BCUT2D eigenvalue weighted by molar-refractivity contribution is 0.0487. The number of aromatic carboxylic acids is 1. The highest BCUT2D eigenvalue weighted by Crippen LogP contribution is 2.22. The Labute approximate surface area is 177 Å². The molecule has 4 nitrogen and oxygen atoms in total. The minimum atomic E-state index is -1.11. The number of carboxylic acid groups (broad SMARTS) is 1. The Morgan fingerprint density at radius 3 is 2.00 bits per heavy atom. The number of carbonyl (C=O) groups is 2. The zero-order chi connectivity index (χ0) is 21.3. The topological polar surface area (TPSA) is 63.6 Å². The van der Waals surface area contributed by atoms with Crippen LogP contribution < -0.4 is 0 Å². The van der Waals surface area contributed by atoms with Crippen molar-refractivity contribution in [2.24, 2.45) is 5.92 Å². The lowest BCUT2D eigenvalue weighted by Crippen LogP contribution is -2.12. The van der Waals surface area contributed by atoms with Gasteiger partial charge in [-0.1, -0.05) is 103 Å². The van der Waals surface area contributed by atoms with Crippen LogP contribution in [-0.4, -0.2) is 23.7 Å². The SMILES string of the molecule is CCCCC(CCC)CCCCCCCCCOC(=O)c1ccccc1C(=O)O. The van der Waals surface area contributed by atoms with Gasteiger partial charge in [-0.05, 0) is 24.5 Å². The number of carboxylic acids is 1. The molecule has 0 aromatic heterocycles. The van der Waals surface area contributed by atoms with Gasteiger partial charge in [-0.25, -0.2) is 9.59 Å². The first kappa shape index (κ1) is 25.2. The van der Waals surface area contributed by atoms with Crippen LogP contribution in [0.25, 0.3) is 0 Å². The zero-order valence-electron chi connectivity index (χ0n) is 18.5. The Balaban J connectivity index is 2.06. The number of ether oxygens (including phenoxy) is 1. The Bertz CT molecular complexity index is 582. The van der Waals surface area contributed by atoms with Gasteiger partial charge in [-0.2, -0.15) is 0 Å². The molecule has 164 valence electrons. The lowest BCUT2D eigenvalue weighted by atomic mass is 9.91. The van der Waals surface area contributed by atoms with E-state index in [0.717, 1.165) is 25.2 Å². The average Bonchev–Trinajstić information content (AvgIpc) is 2.72. The van der Waals surface area contributed by atoms with Crippen molar-refractivity contribution < 1.29 is 19.4 Å². The third kappa shape index (κ3) is 11.1. The predicted molar refractivity (Wildman–Crippen MR) is 119 cm³/mol. The number of unbranched alkanes of at least 4 members (excludes halogenated alkanes) is 7. The van der Waals surface area contributed by atoms with Gasteiger partial charge in [0.25, 0.3) is 0 Å². The summed E-state index contributed by atoms with van der Waals surface area (Å²) in [4.78, 5) is 23.2. The highest BCUT2D eigenvalue weighted by atomic mass is 16.5. The molecule has 1 atom stereocenters. The second-order valence-electron chi connectivity index (χ2n) is 8.05. The molecule has 1 unspecified atom stereocenters. The summed E-state index contributed by atoms with van der Waals surface area (Å²) in [7, 11) is 0. The largest absolute Gasteiger partial charge is 0.478 e. The Kier molecular flexibility index (Phi) is 13.9. The van der Waals surface area contributed by atoms with Gasteiger partial charge >= 0.3 is 11.9 Å². The third-order valence-electron chi connectivity index (χ3n) is 5.53. The monoisotopic (exact) mass is 404 g/mol. The molecule has 0 heterocycles. The fourth-order valence-corrected chi connectivity index (χ4v) is 3.84. The quantitative estimate of drug-likeness (QED) is 0.219. The molecule has 4 heteroatoms. The van der Waals surface area contributed by atoms with Crippen molar-refractivity contribution in [3.05, 3.63) is 35.4 Å². The van der Waals surface area contributed by atoms with E-state index in [9.17, 15) is 9.59 Å². The van der Waals surface area contributed by atoms with E-state index in [-0.39, 0.29) is 11.1 Å². The number of hydrogen-bond acceptors (Lipinski definition) is 3. The van der Waals surface area contributed by atoms with Gasteiger partial charge in [-0.3, -0.25) is 0 Å². The van der Waals surface area contributed by atoms with Crippen LogP contribution in [0, 0.1) is 5.92 Å². The van der Waals surface area contributed by atoms with Crippen molar-refractivity contribution in [1.29, 1.82) is 0 Å². The summed E-state index contributed by atoms with van der Waals surface area (Å²) >= 11 is 0. The molecule has 1 rings (SSSR count). The maximum absolute atomic E-state index is 12.1. The number of rotatable bonds is 17. The van der Waals surface area contributed by atoms with E-state index in [1.54, 1.807) is 12.1 Å². The first-order valence-corrected chi connectivity index (χ1v) is 11.6. The Hall–Kier alpha value is -1.84. The summed E-state index contributed by atoms with van der Waals surface area (Å²) in [6.45, 7) is 4.92. The molecule has 0 aliphatic carbocycles. The van der Waals surface area contributed by atoms with Crippen molar-refractivity contribution >= 4 is 11.9 Å². The molecule has 0 bridgehead atoms. The molecule has 0 amide bonds. The Morgan fingerprint density at radius 2 is 1.38 bits per heavy atom. The molecule has 0 fully saturated rings. The molecule has 0 spiro atoms.